The predicted octanol–water partition coefficient (Wildman–Crippen LogP) is 4.56. The van der Waals surface area contributed by atoms with Gasteiger partial charge in [-0.25, -0.2) is 4.79 Å². The van der Waals surface area contributed by atoms with Gasteiger partial charge in [0.25, 0.3) is 0 Å². The van der Waals surface area contributed by atoms with Crippen molar-refractivity contribution in [3.63, 3.8) is 0 Å². The number of anilines is 1. The van der Waals surface area contributed by atoms with Crippen LogP contribution in [-0.4, -0.2) is 12.1 Å². The molecular formula is C15H19Cl2NO2. The van der Waals surface area contributed by atoms with Crippen molar-refractivity contribution in [3.8, 4) is 0 Å². The Morgan fingerprint density at radius 3 is 2.60 bits per heavy atom. The molecule has 5 heteroatoms. The van der Waals surface area contributed by atoms with Gasteiger partial charge in [0, 0.05) is 5.02 Å². The summed E-state index contributed by atoms with van der Waals surface area (Å²) in [7, 11) is 0. The van der Waals surface area contributed by atoms with E-state index in [2.05, 4.69) is 13.8 Å². The van der Waals surface area contributed by atoms with E-state index >= 15 is 0 Å². The molecule has 1 aromatic carbocycles. The van der Waals surface area contributed by atoms with E-state index in [0.717, 1.165) is 19.3 Å². The summed E-state index contributed by atoms with van der Waals surface area (Å²) >= 11 is 11.8. The van der Waals surface area contributed by atoms with Crippen LogP contribution in [-0.2, 0) is 4.74 Å². The molecule has 0 spiro atoms. The van der Waals surface area contributed by atoms with E-state index in [9.17, 15) is 4.79 Å². The van der Waals surface area contributed by atoms with E-state index in [1.807, 2.05) is 0 Å². The Labute approximate surface area is 129 Å². The number of rotatable bonds is 2. The van der Waals surface area contributed by atoms with Crippen LogP contribution in [0.3, 0.4) is 0 Å². The van der Waals surface area contributed by atoms with Crippen LogP contribution in [0.2, 0.25) is 10.0 Å². The molecule has 3 unspecified atom stereocenters. The molecule has 2 N–H and O–H groups in total. The maximum atomic E-state index is 12.2. The minimum atomic E-state index is -0.446. The third kappa shape index (κ3) is 3.39. The first kappa shape index (κ1) is 15.5. The molecule has 0 aliphatic heterocycles. The highest BCUT2D eigenvalue weighted by Gasteiger charge is 2.28. The molecule has 110 valence electrons. The van der Waals surface area contributed by atoms with Crippen molar-refractivity contribution in [3.05, 3.63) is 27.7 Å². The van der Waals surface area contributed by atoms with Crippen molar-refractivity contribution >= 4 is 34.9 Å². The number of halogens is 2. The van der Waals surface area contributed by atoms with E-state index < -0.39 is 5.97 Å². The zero-order valence-electron chi connectivity index (χ0n) is 11.7. The first-order valence-electron chi connectivity index (χ1n) is 6.84. The van der Waals surface area contributed by atoms with Crippen LogP contribution in [0.25, 0.3) is 0 Å². The van der Waals surface area contributed by atoms with Crippen LogP contribution in [0, 0.1) is 11.8 Å². The SMILES string of the molecule is CC1CCC(OC(=O)c2cc(Cl)cc(Cl)c2N)CC1C. The second kappa shape index (κ2) is 6.23. The summed E-state index contributed by atoms with van der Waals surface area (Å²) in [6.07, 6.45) is 2.81. The summed E-state index contributed by atoms with van der Waals surface area (Å²) in [5.41, 5.74) is 6.28. The van der Waals surface area contributed by atoms with Crippen LogP contribution < -0.4 is 5.73 Å². The van der Waals surface area contributed by atoms with Gasteiger partial charge in [-0.15, -0.1) is 0 Å². The summed E-state index contributed by atoms with van der Waals surface area (Å²) in [6.45, 7) is 4.42. The minimum Gasteiger partial charge on any atom is -0.459 e. The van der Waals surface area contributed by atoms with Gasteiger partial charge in [-0.2, -0.15) is 0 Å². The zero-order chi connectivity index (χ0) is 14.9. The highest BCUT2D eigenvalue weighted by molar-refractivity contribution is 6.37. The van der Waals surface area contributed by atoms with Gasteiger partial charge in [0.1, 0.15) is 6.10 Å². The van der Waals surface area contributed by atoms with Crippen molar-refractivity contribution in [2.75, 3.05) is 5.73 Å². The summed E-state index contributed by atoms with van der Waals surface area (Å²) < 4.78 is 5.55. The molecule has 0 heterocycles. The number of carbonyl (C=O) groups excluding carboxylic acids is 1. The third-order valence-electron chi connectivity index (χ3n) is 4.14. The first-order chi connectivity index (χ1) is 9.38. The Morgan fingerprint density at radius 1 is 1.25 bits per heavy atom. The lowest BCUT2D eigenvalue weighted by Gasteiger charge is -2.31. The fraction of sp³-hybridized carbons (Fsp3) is 0.533. The normalized spacial score (nSPS) is 26.3. The largest absolute Gasteiger partial charge is 0.459 e. The molecular weight excluding hydrogens is 297 g/mol. The van der Waals surface area contributed by atoms with E-state index in [4.69, 9.17) is 33.7 Å². The molecule has 20 heavy (non-hydrogen) atoms. The standard InChI is InChI=1S/C15H19Cl2NO2/c1-8-3-4-11(5-9(8)2)20-15(19)12-6-10(16)7-13(17)14(12)18/h6-9,11H,3-5,18H2,1-2H3. The number of hydrogen-bond acceptors (Lipinski definition) is 3. The number of nitrogen functional groups attached to an aromatic ring is 1. The molecule has 1 aliphatic rings. The molecule has 0 amide bonds. The fourth-order valence-electron chi connectivity index (χ4n) is 2.57. The van der Waals surface area contributed by atoms with Crippen LogP contribution in [0.4, 0.5) is 5.69 Å². The Morgan fingerprint density at radius 2 is 1.95 bits per heavy atom. The smallest absolute Gasteiger partial charge is 0.340 e. The fourth-order valence-corrected chi connectivity index (χ4v) is 3.07. The Bertz CT molecular complexity index is 519. The van der Waals surface area contributed by atoms with Gasteiger partial charge in [-0.3, -0.25) is 0 Å². The summed E-state index contributed by atoms with van der Waals surface area (Å²) in [6, 6.07) is 3.01. The lowest BCUT2D eigenvalue weighted by atomic mass is 9.80. The first-order valence-corrected chi connectivity index (χ1v) is 7.59. The molecule has 1 aliphatic carbocycles. The van der Waals surface area contributed by atoms with E-state index in [1.54, 1.807) is 0 Å². The van der Waals surface area contributed by atoms with Crippen molar-refractivity contribution < 1.29 is 9.53 Å². The predicted molar refractivity (Wildman–Crippen MR) is 82.3 cm³/mol. The molecule has 1 fully saturated rings. The Kier molecular flexibility index (Phi) is 4.82. The summed E-state index contributed by atoms with van der Waals surface area (Å²) in [5.74, 6) is 0.788. The minimum absolute atomic E-state index is 0.0501. The number of esters is 1. The quantitative estimate of drug-likeness (QED) is 0.643. The molecule has 0 radical (unpaired) electrons. The Balaban J connectivity index is 2.09. The van der Waals surface area contributed by atoms with Gasteiger partial charge in [0.2, 0.25) is 0 Å². The number of nitrogens with two attached hydrogens (primary N) is 1. The van der Waals surface area contributed by atoms with Gasteiger partial charge in [0.05, 0.1) is 16.3 Å². The molecule has 3 nitrogen and oxygen atoms in total. The van der Waals surface area contributed by atoms with E-state index in [0.29, 0.717) is 16.9 Å². The highest BCUT2D eigenvalue weighted by atomic mass is 35.5. The lowest BCUT2D eigenvalue weighted by molar-refractivity contribution is 0.00890. The zero-order valence-corrected chi connectivity index (χ0v) is 13.2. The van der Waals surface area contributed by atoms with Crippen LogP contribution in [0.1, 0.15) is 43.5 Å². The summed E-state index contributed by atoms with van der Waals surface area (Å²) in [4.78, 5) is 12.2. The molecule has 0 saturated heterocycles. The average Bonchev–Trinajstić information content (AvgIpc) is 2.38. The van der Waals surface area contributed by atoms with Gasteiger partial charge < -0.3 is 10.5 Å². The molecule has 0 bridgehead atoms. The third-order valence-corrected chi connectivity index (χ3v) is 4.67. The van der Waals surface area contributed by atoms with Crippen molar-refractivity contribution in [1.82, 2.24) is 0 Å². The molecule has 1 aromatic rings. The molecule has 2 rings (SSSR count). The highest BCUT2D eigenvalue weighted by Crippen LogP contribution is 2.33. The van der Waals surface area contributed by atoms with Crippen LogP contribution >= 0.6 is 23.2 Å². The molecule has 3 atom stereocenters. The topological polar surface area (TPSA) is 52.3 Å². The van der Waals surface area contributed by atoms with Crippen LogP contribution in [0.5, 0.6) is 0 Å². The lowest BCUT2D eigenvalue weighted by Crippen LogP contribution is -2.29. The second-order valence-corrected chi connectivity index (χ2v) is 6.49. The number of carbonyl (C=O) groups is 1. The number of hydrogen-bond donors (Lipinski definition) is 1. The average molecular weight is 316 g/mol. The van der Waals surface area contributed by atoms with Gasteiger partial charge >= 0.3 is 5.97 Å². The second-order valence-electron chi connectivity index (χ2n) is 5.64. The maximum absolute atomic E-state index is 12.2. The van der Waals surface area contributed by atoms with Gasteiger partial charge in [-0.05, 0) is 43.2 Å². The maximum Gasteiger partial charge on any atom is 0.340 e. The van der Waals surface area contributed by atoms with Gasteiger partial charge in [-0.1, -0.05) is 37.0 Å². The number of benzene rings is 1. The monoisotopic (exact) mass is 315 g/mol. The molecule has 0 aromatic heterocycles. The van der Waals surface area contributed by atoms with Gasteiger partial charge in [0.15, 0.2) is 0 Å². The Hall–Kier alpha value is -0.930. The van der Waals surface area contributed by atoms with Crippen molar-refractivity contribution in [2.45, 2.75) is 39.2 Å². The van der Waals surface area contributed by atoms with E-state index in [1.165, 1.54) is 12.1 Å². The van der Waals surface area contributed by atoms with E-state index in [-0.39, 0.29) is 22.4 Å². The van der Waals surface area contributed by atoms with Crippen LogP contribution in [0.15, 0.2) is 12.1 Å². The number of ether oxygens (including phenoxy) is 1. The summed E-state index contributed by atoms with van der Waals surface area (Å²) in [5, 5.41) is 0.650. The van der Waals surface area contributed by atoms with Crippen molar-refractivity contribution in [2.24, 2.45) is 11.8 Å². The van der Waals surface area contributed by atoms with Crippen molar-refractivity contribution in [1.29, 1.82) is 0 Å². The molecule has 1 saturated carbocycles.